The summed E-state index contributed by atoms with van der Waals surface area (Å²) in [5.41, 5.74) is 7.66. The molecule has 2 atom stereocenters. The van der Waals surface area contributed by atoms with E-state index in [1.54, 1.807) is 10.4 Å². The molecule has 100 valence electrons. The van der Waals surface area contributed by atoms with E-state index >= 15 is 0 Å². The standard InChI is InChI=1S/C15H24N2S/c1-11(16)12-5-8-17(9-6-12)14-3-2-4-15-13(14)7-10-18-15/h7,10-12,14H,2-6,8-9,16H2,1H3. The van der Waals surface area contributed by atoms with Crippen LogP contribution in [0.25, 0.3) is 0 Å². The fraction of sp³-hybridized carbons (Fsp3) is 0.733. The summed E-state index contributed by atoms with van der Waals surface area (Å²) in [4.78, 5) is 4.35. The summed E-state index contributed by atoms with van der Waals surface area (Å²) < 4.78 is 0. The normalized spacial score (nSPS) is 28.0. The van der Waals surface area contributed by atoms with Crippen molar-refractivity contribution in [3.8, 4) is 0 Å². The fourth-order valence-corrected chi connectivity index (χ4v) is 4.58. The molecule has 0 aromatic carbocycles. The van der Waals surface area contributed by atoms with E-state index in [-0.39, 0.29) is 0 Å². The van der Waals surface area contributed by atoms with Gasteiger partial charge in [-0.1, -0.05) is 0 Å². The maximum absolute atomic E-state index is 6.03. The second kappa shape index (κ2) is 5.32. The summed E-state index contributed by atoms with van der Waals surface area (Å²) in [6.45, 7) is 4.65. The second-order valence-electron chi connectivity index (χ2n) is 5.94. The Bertz CT molecular complexity index is 391. The van der Waals surface area contributed by atoms with Crippen LogP contribution in [0.3, 0.4) is 0 Å². The van der Waals surface area contributed by atoms with Crippen LogP contribution < -0.4 is 5.73 Å². The summed E-state index contributed by atoms with van der Waals surface area (Å²) in [6.07, 6.45) is 6.60. The monoisotopic (exact) mass is 264 g/mol. The number of likely N-dealkylation sites (tertiary alicyclic amines) is 1. The van der Waals surface area contributed by atoms with Crippen molar-refractivity contribution in [1.82, 2.24) is 4.90 Å². The van der Waals surface area contributed by atoms with Crippen LogP contribution in [0.1, 0.15) is 49.1 Å². The van der Waals surface area contributed by atoms with Crippen LogP contribution in [-0.4, -0.2) is 24.0 Å². The minimum absolute atomic E-state index is 0.371. The maximum Gasteiger partial charge on any atom is 0.0359 e. The van der Waals surface area contributed by atoms with Gasteiger partial charge >= 0.3 is 0 Å². The molecular formula is C15H24N2S. The lowest BCUT2D eigenvalue weighted by Crippen LogP contribution is -2.41. The molecule has 0 saturated carbocycles. The van der Waals surface area contributed by atoms with Crippen molar-refractivity contribution in [3.63, 3.8) is 0 Å². The Kier molecular flexibility index (Phi) is 3.73. The lowest BCUT2D eigenvalue weighted by Gasteiger charge is -2.40. The molecule has 0 bridgehead atoms. The number of fused-ring (bicyclic) bond motifs is 1. The summed E-state index contributed by atoms with van der Waals surface area (Å²) in [6, 6.07) is 3.44. The number of rotatable bonds is 2. The van der Waals surface area contributed by atoms with Crippen LogP contribution in [0, 0.1) is 5.92 Å². The molecular weight excluding hydrogens is 240 g/mol. The van der Waals surface area contributed by atoms with Crippen molar-refractivity contribution in [1.29, 1.82) is 0 Å². The molecule has 2 aliphatic rings. The van der Waals surface area contributed by atoms with Gasteiger partial charge in [-0.05, 0) is 75.0 Å². The Morgan fingerprint density at radius 3 is 2.83 bits per heavy atom. The molecule has 1 fully saturated rings. The highest BCUT2D eigenvalue weighted by Crippen LogP contribution is 2.38. The molecule has 1 aliphatic carbocycles. The first-order chi connectivity index (χ1) is 8.75. The summed E-state index contributed by atoms with van der Waals surface area (Å²) in [5, 5.41) is 2.28. The number of thiophene rings is 1. The molecule has 1 aromatic heterocycles. The molecule has 1 aromatic rings. The first kappa shape index (κ1) is 12.6. The number of nitrogens with zero attached hydrogens (tertiary/aromatic N) is 1. The van der Waals surface area contributed by atoms with E-state index in [0.717, 1.165) is 5.92 Å². The number of nitrogens with two attached hydrogens (primary N) is 1. The van der Waals surface area contributed by atoms with Crippen LogP contribution >= 0.6 is 11.3 Å². The van der Waals surface area contributed by atoms with E-state index < -0.39 is 0 Å². The quantitative estimate of drug-likeness (QED) is 0.889. The zero-order chi connectivity index (χ0) is 12.5. The Morgan fingerprint density at radius 1 is 1.33 bits per heavy atom. The predicted octanol–water partition coefficient (Wildman–Crippen LogP) is 3.18. The fourth-order valence-electron chi connectivity index (χ4n) is 3.60. The average molecular weight is 264 g/mol. The smallest absolute Gasteiger partial charge is 0.0359 e. The lowest BCUT2D eigenvalue weighted by atomic mass is 9.87. The van der Waals surface area contributed by atoms with Crippen LogP contribution in [0.5, 0.6) is 0 Å². The highest BCUT2D eigenvalue weighted by Gasteiger charge is 2.30. The molecule has 2 heterocycles. The topological polar surface area (TPSA) is 29.3 Å². The van der Waals surface area contributed by atoms with Gasteiger partial charge in [-0.25, -0.2) is 0 Å². The van der Waals surface area contributed by atoms with E-state index in [9.17, 15) is 0 Å². The van der Waals surface area contributed by atoms with Gasteiger partial charge in [-0.3, -0.25) is 4.90 Å². The maximum atomic E-state index is 6.03. The van der Waals surface area contributed by atoms with Crippen LogP contribution in [-0.2, 0) is 6.42 Å². The van der Waals surface area contributed by atoms with Gasteiger partial charge in [0.05, 0.1) is 0 Å². The van der Waals surface area contributed by atoms with Gasteiger partial charge < -0.3 is 5.73 Å². The van der Waals surface area contributed by atoms with Crippen molar-refractivity contribution >= 4 is 11.3 Å². The minimum atomic E-state index is 0.371. The summed E-state index contributed by atoms with van der Waals surface area (Å²) in [5.74, 6) is 0.742. The van der Waals surface area contributed by atoms with E-state index in [2.05, 4.69) is 23.3 Å². The van der Waals surface area contributed by atoms with Crippen molar-refractivity contribution < 1.29 is 0 Å². The van der Waals surface area contributed by atoms with E-state index in [0.29, 0.717) is 12.1 Å². The van der Waals surface area contributed by atoms with E-state index in [1.165, 1.54) is 45.2 Å². The Labute approximate surface area is 114 Å². The molecule has 0 radical (unpaired) electrons. The van der Waals surface area contributed by atoms with Crippen molar-refractivity contribution in [3.05, 3.63) is 21.9 Å². The third-order valence-corrected chi connectivity index (χ3v) is 5.78. The average Bonchev–Trinajstić information content (AvgIpc) is 2.87. The lowest BCUT2D eigenvalue weighted by molar-refractivity contribution is 0.114. The summed E-state index contributed by atoms with van der Waals surface area (Å²) >= 11 is 1.95. The zero-order valence-corrected chi connectivity index (χ0v) is 12.1. The van der Waals surface area contributed by atoms with Gasteiger partial charge in [-0.15, -0.1) is 11.3 Å². The van der Waals surface area contributed by atoms with Gasteiger partial charge in [0.2, 0.25) is 0 Å². The van der Waals surface area contributed by atoms with Gasteiger partial charge in [0.1, 0.15) is 0 Å². The Balaban J connectivity index is 1.68. The first-order valence-electron chi connectivity index (χ1n) is 7.31. The summed E-state index contributed by atoms with van der Waals surface area (Å²) in [7, 11) is 0. The number of aryl methyl sites for hydroxylation is 1. The Hall–Kier alpha value is -0.380. The number of piperidine rings is 1. The van der Waals surface area contributed by atoms with Gasteiger partial charge in [0.25, 0.3) is 0 Å². The largest absolute Gasteiger partial charge is 0.328 e. The minimum Gasteiger partial charge on any atom is -0.328 e. The van der Waals surface area contributed by atoms with E-state index in [4.69, 9.17) is 5.73 Å². The second-order valence-corrected chi connectivity index (χ2v) is 6.94. The van der Waals surface area contributed by atoms with Crippen LogP contribution in [0.2, 0.25) is 0 Å². The zero-order valence-electron chi connectivity index (χ0n) is 11.3. The van der Waals surface area contributed by atoms with Crippen molar-refractivity contribution in [2.45, 2.75) is 51.1 Å². The van der Waals surface area contributed by atoms with Crippen LogP contribution in [0.15, 0.2) is 11.4 Å². The molecule has 2 N–H and O–H groups in total. The Morgan fingerprint density at radius 2 is 2.11 bits per heavy atom. The van der Waals surface area contributed by atoms with E-state index in [1.807, 2.05) is 11.3 Å². The molecule has 1 aliphatic heterocycles. The highest BCUT2D eigenvalue weighted by atomic mass is 32.1. The highest BCUT2D eigenvalue weighted by molar-refractivity contribution is 7.10. The first-order valence-corrected chi connectivity index (χ1v) is 8.19. The van der Waals surface area contributed by atoms with Gasteiger partial charge in [0, 0.05) is 17.0 Å². The van der Waals surface area contributed by atoms with Crippen LogP contribution in [0.4, 0.5) is 0 Å². The molecule has 0 spiro atoms. The molecule has 1 saturated heterocycles. The molecule has 3 rings (SSSR count). The number of hydrogen-bond acceptors (Lipinski definition) is 3. The third-order valence-electron chi connectivity index (χ3n) is 4.78. The molecule has 0 amide bonds. The molecule has 3 heteroatoms. The van der Waals surface area contributed by atoms with Gasteiger partial charge in [0.15, 0.2) is 0 Å². The third kappa shape index (κ3) is 2.36. The molecule has 2 unspecified atom stereocenters. The van der Waals surface area contributed by atoms with Gasteiger partial charge in [-0.2, -0.15) is 0 Å². The van der Waals surface area contributed by atoms with Crippen molar-refractivity contribution in [2.75, 3.05) is 13.1 Å². The van der Waals surface area contributed by atoms with Crippen molar-refractivity contribution in [2.24, 2.45) is 11.7 Å². The SMILES string of the molecule is CC(N)C1CCN(C2CCCc3sccc32)CC1. The molecule has 18 heavy (non-hydrogen) atoms. The number of hydrogen-bond donors (Lipinski definition) is 1. The predicted molar refractivity (Wildman–Crippen MR) is 77.9 cm³/mol. The molecule has 2 nitrogen and oxygen atoms in total.